The molecule has 0 radical (unpaired) electrons. The molecule has 2 aliphatic rings. The number of fused-ring (bicyclic) bond motifs is 1. The van der Waals surface area contributed by atoms with E-state index in [1.54, 1.807) is 0 Å². The Morgan fingerprint density at radius 1 is 1.06 bits per heavy atom. The van der Waals surface area contributed by atoms with Crippen molar-refractivity contribution >= 4 is 5.91 Å². The highest BCUT2D eigenvalue weighted by atomic mass is 16.5. The smallest absolute Gasteiger partial charge is 0.229 e. The van der Waals surface area contributed by atoms with Crippen molar-refractivity contribution in [1.29, 1.82) is 0 Å². The molecule has 0 unspecified atom stereocenters. The Balaban J connectivity index is 1.34. The van der Waals surface area contributed by atoms with Gasteiger partial charge in [-0.15, -0.1) is 0 Å². The summed E-state index contributed by atoms with van der Waals surface area (Å²) in [5.41, 5.74) is 2.71. The third kappa shape index (κ3) is 4.02. The van der Waals surface area contributed by atoms with Gasteiger partial charge in [0.15, 0.2) is 11.5 Å². The standard InChI is InChI=1S/C25H26N2O4/c1-17-20(26-25(31-17)18-7-3-2-4-8-18)16-24(28)27-12-5-9-21(27)19-10-11-22-23(15-19)30-14-6-13-29-22/h2-4,7-8,10-11,15,21H,5-6,9,12-14,16H2,1H3/t21-/m0/s1. The molecule has 0 aliphatic carbocycles. The summed E-state index contributed by atoms with van der Waals surface area (Å²) in [5.74, 6) is 2.88. The summed E-state index contributed by atoms with van der Waals surface area (Å²) in [6.07, 6.45) is 3.04. The number of amides is 1. The van der Waals surface area contributed by atoms with Crippen LogP contribution in [0, 0.1) is 6.92 Å². The molecule has 0 spiro atoms. The van der Waals surface area contributed by atoms with Crippen LogP contribution in [0.1, 0.15) is 42.3 Å². The lowest BCUT2D eigenvalue weighted by atomic mass is 10.0. The molecule has 3 aromatic rings. The largest absolute Gasteiger partial charge is 0.490 e. The van der Waals surface area contributed by atoms with E-state index >= 15 is 0 Å². The van der Waals surface area contributed by atoms with Gasteiger partial charge in [0.2, 0.25) is 11.8 Å². The van der Waals surface area contributed by atoms with Crippen LogP contribution in [0.3, 0.4) is 0 Å². The molecule has 1 atom stereocenters. The van der Waals surface area contributed by atoms with Gasteiger partial charge in [-0.1, -0.05) is 24.3 Å². The molecule has 6 nitrogen and oxygen atoms in total. The number of hydrogen-bond donors (Lipinski definition) is 0. The number of oxazole rings is 1. The van der Waals surface area contributed by atoms with Gasteiger partial charge in [-0.2, -0.15) is 0 Å². The van der Waals surface area contributed by atoms with E-state index in [0.29, 0.717) is 30.6 Å². The Morgan fingerprint density at radius 3 is 2.71 bits per heavy atom. The Hall–Kier alpha value is -3.28. The summed E-state index contributed by atoms with van der Waals surface area (Å²) in [6.45, 7) is 3.94. The van der Waals surface area contributed by atoms with Crippen LogP contribution in [0.15, 0.2) is 52.9 Å². The number of aromatic nitrogens is 1. The lowest BCUT2D eigenvalue weighted by Gasteiger charge is -2.25. The van der Waals surface area contributed by atoms with Gasteiger partial charge < -0.3 is 18.8 Å². The van der Waals surface area contributed by atoms with Crippen molar-refractivity contribution in [2.75, 3.05) is 19.8 Å². The van der Waals surface area contributed by atoms with E-state index in [9.17, 15) is 4.79 Å². The maximum atomic E-state index is 13.2. The summed E-state index contributed by atoms with van der Waals surface area (Å²) >= 11 is 0. The highest BCUT2D eigenvalue weighted by Crippen LogP contribution is 2.38. The molecule has 3 heterocycles. The highest BCUT2D eigenvalue weighted by molar-refractivity contribution is 5.79. The van der Waals surface area contributed by atoms with Crippen LogP contribution in [0.5, 0.6) is 11.5 Å². The van der Waals surface area contributed by atoms with E-state index in [1.165, 1.54) is 0 Å². The predicted molar refractivity (Wildman–Crippen MR) is 116 cm³/mol. The fourth-order valence-corrected chi connectivity index (χ4v) is 4.34. The van der Waals surface area contributed by atoms with Crippen LogP contribution in [0.25, 0.3) is 11.5 Å². The SMILES string of the molecule is Cc1oc(-c2ccccc2)nc1CC(=O)N1CCC[C@H]1c1ccc2c(c1)OCCCO2. The number of likely N-dealkylation sites (tertiary alicyclic amines) is 1. The minimum Gasteiger partial charge on any atom is -0.490 e. The van der Waals surface area contributed by atoms with E-state index in [1.807, 2.05) is 54.3 Å². The third-order valence-corrected chi connectivity index (χ3v) is 5.96. The maximum absolute atomic E-state index is 13.2. The fraction of sp³-hybridized carbons (Fsp3) is 0.360. The lowest BCUT2D eigenvalue weighted by Crippen LogP contribution is -2.32. The molecule has 31 heavy (non-hydrogen) atoms. The summed E-state index contributed by atoms with van der Waals surface area (Å²) in [7, 11) is 0. The fourth-order valence-electron chi connectivity index (χ4n) is 4.34. The average Bonchev–Trinajstić information content (AvgIpc) is 3.35. The molecule has 6 heteroatoms. The Bertz CT molecular complexity index is 1080. The Morgan fingerprint density at radius 2 is 1.87 bits per heavy atom. The summed E-state index contributed by atoms with van der Waals surface area (Å²) in [6, 6.07) is 15.9. The van der Waals surface area contributed by atoms with Crippen LogP contribution in [0.4, 0.5) is 0 Å². The van der Waals surface area contributed by atoms with Crippen LogP contribution in [-0.2, 0) is 11.2 Å². The number of nitrogens with zero attached hydrogens (tertiary/aromatic N) is 2. The number of carbonyl (C=O) groups is 1. The van der Waals surface area contributed by atoms with Crippen molar-refractivity contribution in [2.24, 2.45) is 0 Å². The second-order valence-corrected chi connectivity index (χ2v) is 8.07. The van der Waals surface area contributed by atoms with Crippen molar-refractivity contribution in [3.05, 3.63) is 65.5 Å². The Labute approximate surface area is 181 Å². The average molecular weight is 418 g/mol. The number of carbonyl (C=O) groups excluding carboxylic acids is 1. The first-order valence-corrected chi connectivity index (χ1v) is 10.9. The topological polar surface area (TPSA) is 64.8 Å². The van der Waals surface area contributed by atoms with Crippen LogP contribution in [0.2, 0.25) is 0 Å². The van der Waals surface area contributed by atoms with Gasteiger partial charge in [0, 0.05) is 18.5 Å². The van der Waals surface area contributed by atoms with Gasteiger partial charge in [-0.3, -0.25) is 4.79 Å². The van der Waals surface area contributed by atoms with Crippen molar-refractivity contribution in [3.63, 3.8) is 0 Å². The molecular weight excluding hydrogens is 392 g/mol. The molecule has 2 aliphatic heterocycles. The van der Waals surface area contributed by atoms with Gasteiger partial charge in [0.05, 0.1) is 31.4 Å². The van der Waals surface area contributed by atoms with Crippen molar-refractivity contribution < 1.29 is 18.7 Å². The molecule has 5 rings (SSSR count). The second kappa shape index (κ2) is 8.46. The third-order valence-electron chi connectivity index (χ3n) is 5.96. The van der Waals surface area contributed by atoms with Crippen molar-refractivity contribution in [1.82, 2.24) is 9.88 Å². The van der Waals surface area contributed by atoms with E-state index in [2.05, 4.69) is 11.1 Å². The van der Waals surface area contributed by atoms with Crippen molar-refractivity contribution in [3.8, 4) is 23.0 Å². The quantitative estimate of drug-likeness (QED) is 0.614. The van der Waals surface area contributed by atoms with Crippen molar-refractivity contribution in [2.45, 2.75) is 38.6 Å². The van der Waals surface area contributed by atoms with Crippen LogP contribution in [-0.4, -0.2) is 35.5 Å². The molecule has 0 saturated carbocycles. The zero-order valence-electron chi connectivity index (χ0n) is 17.7. The molecule has 1 fully saturated rings. The minimum absolute atomic E-state index is 0.0467. The van der Waals surface area contributed by atoms with E-state index < -0.39 is 0 Å². The highest BCUT2D eigenvalue weighted by Gasteiger charge is 2.31. The molecule has 0 bridgehead atoms. The molecular formula is C25H26N2O4. The zero-order valence-corrected chi connectivity index (χ0v) is 17.7. The predicted octanol–water partition coefficient (Wildman–Crippen LogP) is 4.72. The summed E-state index contributed by atoms with van der Waals surface area (Å²) in [4.78, 5) is 19.8. The molecule has 1 saturated heterocycles. The molecule has 1 aromatic heterocycles. The number of rotatable bonds is 4. The number of ether oxygens (including phenoxy) is 2. The zero-order chi connectivity index (χ0) is 21.2. The first kappa shape index (κ1) is 19.7. The number of benzene rings is 2. The second-order valence-electron chi connectivity index (χ2n) is 8.07. The molecule has 1 amide bonds. The van der Waals surface area contributed by atoms with Gasteiger partial charge in [0.25, 0.3) is 0 Å². The van der Waals surface area contributed by atoms with E-state index in [0.717, 1.165) is 48.4 Å². The van der Waals surface area contributed by atoms with Gasteiger partial charge in [-0.05, 0) is 49.6 Å². The Kier molecular flexibility index (Phi) is 5.37. The number of hydrogen-bond acceptors (Lipinski definition) is 5. The van der Waals surface area contributed by atoms with E-state index in [4.69, 9.17) is 13.9 Å². The van der Waals surface area contributed by atoms with E-state index in [-0.39, 0.29) is 18.4 Å². The molecule has 2 aromatic carbocycles. The van der Waals surface area contributed by atoms with Crippen LogP contribution < -0.4 is 9.47 Å². The molecule has 0 N–H and O–H groups in total. The monoisotopic (exact) mass is 418 g/mol. The first-order valence-electron chi connectivity index (χ1n) is 10.9. The normalized spacial score (nSPS) is 18.1. The minimum atomic E-state index is 0.0467. The molecule has 160 valence electrons. The summed E-state index contributed by atoms with van der Waals surface area (Å²) in [5, 5.41) is 0. The van der Waals surface area contributed by atoms with Gasteiger partial charge in [0.1, 0.15) is 5.76 Å². The van der Waals surface area contributed by atoms with Gasteiger partial charge in [-0.25, -0.2) is 4.98 Å². The first-order chi connectivity index (χ1) is 15.2. The summed E-state index contributed by atoms with van der Waals surface area (Å²) < 4.78 is 17.4. The maximum Gasteiger partial charge on any atom is 0.229 e. The lowest BCUT2D eigenvalue weighted by molar-refractivity contribution is -0.131. The number of aryl methyl sites for hydroxylation is 1. The van der Waals surface area contributed by atoms with Gasteiger partial charge >= 0.3 is 0 Å². The van der Waals surface area contributed by atoms with Crippen LogP contribution >= 0.6 is 0 Å².